The molecule has 0 atom stereocenters. The Morgan fingerprint density at radius 1 is 1.40 bits per heavy atom. The lowest BCUT2D eigenvalue weighted by Crippen LogP contribution is -2.39. The molecule has 0 heterocycles. The highest BCUT2D eigenvalue weighted by molar-refractivity contribution is 7.89. The van der Waals surface area contributed by atoms with Gasteiger partial charge in [-0.1, -0.05) is 25.2 Å². The van der Waals surface area contributed by atoms with Crippen molar-refractivity contribution >= 4 is 33.1 Å². The molecule has 4 N–H and O–H groups in total. The number of rotatable bonds is 6. The third-order valence-electron chi connectivity index (χ3n) is 2.52. The van der Waals surface area contributed by atoms with E-state index in [2.05, 4.69) is 12.2 Å². The number of carbonyl (C=O) groups excluding carboxylic acids is 1. The maximum absolute atomic E-state index is 13.7. The summed E-state index contributed by atoms with van der Waals surface area (Å²) in [6.07, 6.45) is 0. The van der Waals surface area contributed by atoms with Crippen LogP contribution in [0.2, 0.25) is 0 Å². The van der Waals surface area contributed by atoms with E-state index in [0.29, 0.717) is 0 Å². The maximum Gasteiger partial charge on any atom is 0.244 e. The van der Waals surface area contributed by atoms with Crippen LogP contribution in [0.25, 0.3) is 0 Å². The van der Waals surface area contributed by atoms with Crippen molar-refractivity contribution in [2.24, 2.45) is 11.5 Å². The van der Waals surface area contributed by atoms with Crippen molar-refractivity contribution in [3.05, 3.63) is 29.6 Å². The zero-order valence-corrected chi connectivity index (χ0v) is 12.3. The Balaban J connectivity index is 3.46. The monoisotopic (exact) mass is 319 g/mol. The molecule has 0 spiro atoms. The first-order chi connectivity index (χ1) is 9.21. The van der Waals surface area contributed by atoms with E-state index in [1.165, 1.54) is 19.1 Å². The summed E-state index contributed by atoms with van der Waals surface area (Å²) in [7, 11) is -4.12. The Labute approximate surface area is 121 Å². The maximum atomic E-state index is 13.7. The molecule has 20 heavy (non-hydrogen) atoms. The predicted octanol–water partition coefficient (Wildman–Crippen LogP) is -0.0442. The molecular formula is C11H14FN3O3S2. The molecule has 0 saturated carbocycles. The van der Waals surface area contributed by atoms with Crippen molar-refractivity contribution in [2.45, 2.75) is 11.8 Å². The van der Waals surface area contributed by atoms with E-state index in [1.54, 1.807) is 0 Å². The predicted molar refractivity (Wildman–Crippen MR) is 75.9 cm³/mol. The first kappa shape index (κ1) is 16.5. The summed E-state index contributed by atoms with van der Waals surface area (Å²) >= 11 is 4.68. The number of benzene rings is 1. The van der Waals surface area contributed by atoms with Crippen LogP contribution in [0.5, 0.6) is 0 Å². The second kappa shape index (κ2) is 6.25. The van der Waals surface area contributed by atoms with Crippen LogP contribution < -0.4 is 11.5 Å². The summed E-state index contributed by atoms with van der Waals surface area (Å²) < 4.78 is 39.4. The molecule has 0 aliphatic heterocycles. The minimum Gasteiger partial charge on any atom is -0.389 e. The first-order valence-electron chi connectivity index (χ1n) is 5.58. The molecule has 0 fully saturated rings. The Morgan fingerprint density at radius 2 is 2.00 bits per heavy atom. The van der Waals surface area contributed by atoms with E-state index in [4.69, 9.17) is 11.5 Å². The van der Waals surface area contributed by atoms with Crippen LogP contribution in [0.4, 0.5) is 4.39 Å². The molecule has 0 saturated heterocycles. The van der Waals surface area contributed by atoms with E-state index in [-0.39, 0.29) is 22.0 Å². The van der Waals surface area contributed by atoms with Gasteiger partial charge in [-0.2, -0.15) is 4.31 Å². The lowest BCUT2D eigenvalue weighted by Gasteiger charge is -2.20. The number of carbonyl (C=O) groups is 1. The molecule has 1 aromatic rings. The molecule has 0 radical (unpaired) electrons. The van der Waals surface area contributed by atoms with Crippen LogP contribution in [-0.2, 0) is 14.8 Å². The molecule has 0 unspecified atom stereocenters. The Morgan fingerprint density at radius 3 is 2.45 bits per heavy atom. The fourth-order valence-corrected chi connectivity index (χ4v) is 3.54. The largest absolute Gasteiger partial charge is 0.389 e. The molecule has 0 aliphatic carbocycles. The number of nitrogens with zero attached hydrogens (tertiary/aromatic N) is 1. The molecule has 9 heteroatoms. The Bertz CT molecular complexity index is 646. The van der Waals surface area contributed by atoms with E-state index in [0.717, 1.165) is 10.4 Å². The van der Waals surface area contributed by atoms with Gasteiger partial charge in [0.25, 0.3) is 0 Å². The SMILES string of the molecule is CCN(CC(N)=O)S(=O)(=O)c1cccc(F)c1C(N)=S. The summed E-state index contributed by atoms with van der Waals surface area (Å²) in [4.78, 5) is 10.2. The standard InChI is InChI=1S/C11H14FN3O3S2/c1-2-15(6-9(13)16)20(17,18)8-5-3-4-7(12)10(8)11(14)19/h3-5H,2,6H2,1H3,(H2,13,16)(H2,14,19). The number of nitrogens with two attached hydrogens (primary N) is 2. The number of halogens is 1. The van der Waals surface area contributed by atoms with Gasteiger partial charge in [-0.05, 0) is 12.1 Å². The number of primary amides is 1. The highest BCUT2D eigenvalue weighted by atomic mass is 32.2. The minimum absolute atomic E-state index is 0.00143. The van der Waals surface area contributed by atoms with Gasteiger partial charge in [-0.25, -0.2) is 12.8 Å². The zero-order valence-electron chi connectivity index (χ0n) is 10.7. The van der Waals surface area contributed by atoms with Crippen LogP contribution >= 0.6 is 12.2 Å². The quantitative estimate of drug-likeness (QED) is 0.715. The normalized spacial score (nSPS) is 11.6. The lowest BCUT2D eigenvalue weighted by molar-refractivity contribution is -0.118. The van der Waals surface area contributed by atoms with E-state index >= 15 is 0 Å². The molecule has 0 aliphatic rings. The van der Waals surface area contributed by atoms with Crippen LogP contribution in [-0.4, -0.2) is 36.7 Å². The zero-order chi connectivity index (χ0) is 15.5. The summed E-state index contributed by atoms with van der Waals surface area (Å²) in [5.74, 6) is -1.66. The Hall–Kier alpha value is -1.58. The molecule has 0 bridgehead atoms. The van der Waals surface area contributed by atoms with Gasteiger partial charge >= 0.3 is 0 Å². The van der Waals surface area contributed by atoms with Gasteiger partial charge in [-0.3, -0.25) is 4.79 Å². The molecule has 0 aromatic heterocycles. The second-order valence-electron chi connectivity index (χ2n) is 3.87. The third-order valence-corrected chi connectivity index (χ3v) is 4.69. The third kappa shape index (κ3) is 3.30. The van der Waals surface area contributed by atoms with Crippen molar-refractivity contribution in [1.29, 1.82) is 0 Å². The van der Waals surface area contributed by atoms with Gasteiger partial charge in [-0.15, -0.1) is 0 Å². The molecular weight excluding hydrogens is 305 g/mol. The van der Waals surface area contributed by atoms with Gasteiger partial charge in [0.05, 0.1) is 17.0 Å². The Kier molecular flexibility index (Phi) is 5.15. The summed E-state index contributed by atoms with van der Waals surface area (Å²) in [5, 5.41) is 0. The first-order valence-corrected chi connectivity index (χ1v) is 7.43. The number of likely N-dealkylation sites (N-methyl/N-ethyl adjacent to an activating group) is 1. The van der Waals surface area contributed by atoms with Crippen molar-refractivity contribution in [1.82, 2.24) is 4.31 Å². The highest BCUT2D eigenvalue weighted by Gasteiger charge is 2.29. The number of thiocarbonyl (C=S) groups is 1. The van der Waals surface area contributed by atoms with E-state index in [9.17, 15) is 17.6 Å². The van der Waals surface area contributed by atoms with Gasteiger partial charge in [0, 0.05) is 6.54 Å². The average Bonchev–Trinajstić information content (AvgIpc) is 2.34. The van der Waals surface area contributed by atoms with Crippen molar-refractivity contribution in [3.63, 3.8) is 0 Å². The fraction of sp³-hybridized carbons (Fsp3) is 0.273. The van der Waals surface area contributed by atoms with Gasteiger partial charge in [0.1, 0.15) is 10.8 Å². The summed E-state index contributed by atoms with van der Waals surface area (Å²) in [6, 6.07) is 3.45. The molecule has 1 rings (SSSR count). The summed E-state index contributed by atoms with van der Waals surface area (Å²) in [5.41, 5.74) is 10.0. The van der Waals surface area contributed by atoms with Gasteiger partial charge < -0.3 is 11.5 Å². The molecule has 1 amide bonds. The number of hydrogen-bond acceptors (Lipinski definition) is 4. The van der Waals surface area contributed by atoms with Gasteiger partial charge in [0.2, 0.25) is 15.9 Å². The topological polar surface area (TPSA) is 106 Å². The van der Waals surface area contributed by atoms with Gasteiger partial charge in [0.15, 0.2) is 0 Å². The highest BCUT2D eigenvalue weighted by Crippen LogP contribution is 2.22. The van der Waals surface area contributed by atoms with Crippen molar-refractivity contribution in [2.75, 3.05) is 13.1 Å². The average molecular weight is 319 g/mol. The van der Waals surface area contributed by atoms with Crippen LogP contribution in [0.15, 0.2) is 23.1 Å². The van der Waals surface area contributed by atoms with E-state index in [1.807, 2.05) is 0 Å². The van der Waals surface area contributed by atoms with Crippen LogP contribution in [0.3, 0.4) is 0 Å². The fourth-order valence-electron chi connectivity index (χ4n) is 1.64. The molecule has 110 valence electrons. The summed E-state index contributed by atoms with van der Waals surface area (Å²) in [6.45, 7) is 1.02. The van der Waals surface area contributed by atoms with Crippen molar-refractivity contribution in [3.8, 4) is 0 Å². The minimum atomic E-state index is -4.12. The molecule has 6 nitrogen and oxygen atoms in total. The number of hydrogen-bond donors (Lipinski definition) is 2. The van der Waals surface area contributed by atoms with Crippen LogP contribution in [0.1, 0.15) is 12.5 Å². The smallest absolute Gasteiger partial charge is 0.244 e. The second-order valence-corrected chi connectivity index (χ2v) is 6.22. The number of sulfonamides is 1. The van der Waals surface area contributed by atoms with Crippen LogP contribution in [0, 0.1) is 5.82 Å². The number of amides is 1. The van der Waals surface area contributed by atoms with Crippen molar-refractivity contribution < 1.29 is 17.6 Å². The lowest BCUT2D eigenvalue weighted by atomic mass is 10.2. The van der Waals surface area contributed by atoms with E-state index < -0.39 is 28.3 Å². The molecule has 1 aromatic carbocycles.